The molecule has 6 aromatic rings. The van der Waals surface area contributed by atoms with Gasteiger partial charge in [0.05, 0.1) is 59.5 Å². The summed E-state index contributed by atoms with van der Waals surface area (Å²) < 4.78 is 19.1. The molecule has 18 nitrogen and oxygen atoms in total. The molecular weight excluding hydrogens is 853 g/mol. The van der Waals surface area contributed by atoms with E-state index < -0.39 is 11.9 Å². The molecule has 5 aromatic heterocycles. The number of imidazole rings is 1. The van der Waals surface area contributed by atoms with Crippen LogP contribution < -0.4 is 21.2 Å². The van der Waals surface area contributed by atoms with Crippen LogP contribution >= 0.6 is 0 Å². The zero-order chi connectivity index (χ0) is 45.8. The Morgan fingerprint density at radius 3 is 2.60 bits per heavy atom. The first-order valence-corrected chi connectivity index (χ1v) is 24.1. The molecule has 67 heavy (non-hydrogen) atoms. The lowest BCUT2D eigenvalue weighted by molar-refractivity contribution is -0.135. The lowest BCUT2D eigenvalue weighted by Gasteiger charge is -2.36. The van der Waals surface area contributed by atoms with Crippen LogP contribution in [0.25, 0.3) is 28.1 Å². The largest absolute Gasteiger partial charge is 0.378 e. The highest BCUT2D eigenvalue weighted by Crippen LogP contribution is 2.37. The van der Waals surface area contributed by atoms with Crippen LogP contribution in [0.2, 0.25) is 0 Å². The minimum Gasteiger partial charge on any atom is -0.378 e. The number of benzene rings is 1. The third-order valence-electron chi connectivity index (χ3n) is 14.8. The molecule has 3 amide bonds. The van der Waals surface area contributed by atoms with Gasteiger partial charge in [-0.3, -0.25) is 38.5 Å². The number of pyridine rings is 1. The van der Waals surface area contributed by atoms with Crippen LogP contribution in [-0.4, -0.2) is 119 Å². The minimum atomic E-state index is -0.696. The maximum atomic E-state index is 14.0. The molecule has 2 N–H and O–H groups in total. The molecule has 18 heteroatoms. The number of para-hydroxylation sites is 1. The maximum Gasteiger partial charge on any atom is 0.329 e. The van der Waals surface area contributed by atoms with Crippen molar-refractivity contribution in [2.75, 3.05) is 49.6 Å². The number of likely N-dealkylation sites (tertiary alicyclic amines) is 1. The Morgan fingerprint density at radius 2 is 1.84 bits per heavy atom. The predicted molar refractivity (Wildman–Crippen MR) is 250 cm³/mol. The Balaban J connectivity index is 0.672. The fraction of sp³-hybridized carbons (Fsp3) is 0.510. The molecule has 1 aliphatic carbocycles. The second-order valence-corrected chi connectivity index (χ2v) is 19.3. The number of carbonyl (C=O) groups excluding carboxylic acids is 3. The van der Waals surface area contributed by atoms with Gasteiger partial charge in [0.1, 0.15) is 23.1 Å². The van der Waals surface area contributed by atoms with Crippen LogP contribution in [0.1, 0.15) is 97.8 Å². The van der Waals surface area contributed by atoms with Gasteiger partial charge in [-0.15, -0.1) is 0 Å². The van der Waals surface area contributed by atoms with Gasteiger partial charge in [-0.05, 0) is 106 Å². The molecule has 4 aliphatic heterocycles. The highest BCUT2D eigenvalue weighted by atomic mass is 16.5. The van der Waals surface area contributed by atoms with E-state index in [-0.39, 0.29) is 42.2 Å². The molecule has 5 fully saturated rings. The molecule has 1 saturated carbocycles. The number of hydrogen-bond acceptors (Lipinski definition) is 12. The van der Waals surface area contributed by atoms with Gasteiger partial charge in [-0.25, -0.2) is 14.3 Å². The molecule has 1 unspecified atom stereocenters. The van der Waals surface area contributed by atoms with Crippen molar-refractivity contribution in [3.63, 3.8) is 0 Å². The molecule has 3 atom stereocenters. The van der Waals surface area contributed by atoms with Crippen molar-refractivity contribution in [1.29, 1.82) is 0 Å². The van der Waals surface area contributed by atoms with E-state index in [1.54, 1.807) is 26.9 Å². The van der Waals surface area contributed by atoms with Gasteiger partial charge in [0.15, 0.2) is 5.65 Å². The van der Waals surface area contributed by atoms with E-state index in [0.717, 1.165) is 112 Å². The molecule has 0 spiro atoms. The Kier molecular flexibility index (Phi) is 11.7. The highest BCUT2D eigenvalue weighted by molar-refractivity contribution is 6.09. The van der Waals surface area contributed by atoms with Crippen molar-refractivity contribution in [3.05, 3.63) is 88.4 Å². The zero-order valence-electron chi connectivity index (χ0n) is 38.2. The van der Waals surface area contributed by atoms with Crippen molar-refractivity contribution in [2.45, 2.75) is 108 Å². The number of rotatable bonds is 13. The number of amides is 3. The van der Waals surface area contributed by atoms with Gasteiger partial charge in [-0.2, -0.15) is 10.2 Å². The van der Waals surface area contributed by atoms with Gasteiger partial charge >= 0.3 is 5.69 Å². The lowest BCUT2D eigenvalue weighted by atomic mass is 9.85. The number of nitrogens with one attached hydrogen (secondary N) is 2. The lowest BCUT2D eigenvalue weighted by Crippen LogP contribution is -2.44. The number of anilines is 2. The van der Waals surface area contributed by atoms with Gasteiger partial charge in [-0.1, -0.05) is 18.2 Å². The van der Waals surface area contributed by atoms with Gasteiger partial charge in [0.25, 0.3) is 5.91 Å². The van der Waals surface area contributed by atoms with Crippen LogP contribution in [0.4, 0.5) is 11.5 Å². The van der Waals surface area contributed by atoms with E-state index in [0.29, 0.717) is 59.9 Å². The summed E-state index contributed by atoms with van der Waals surface area (Å²) in [7, 11) is 1.75. The number of hydrogen-bond donors (Lipinski definition) is 2. The SMILES string of the molecule is Cc1ccc(-c2nn(C3CCC(CN4CCC(OCCCc5cccc6c5n(C)c(=O)n6C5CCC(=O)NC5=O)CC4)CC3)cc2NC(=O)c2cnn3ccc(N4C[C@H]5C[C@@H]4CO5)nc23)nc1. The zero-order valence-corrected chi connectivity index (χ0v) is 38.2. The number of aryl methyl sites for hydroxylation is 3. The van der Waals surface area contributed by atoms with E-state index in [2.05, 4.69) is 25.5 Å². The topological polar surface area (TPSA) is 188 Å². The number of ether oxygens (including phenoxy) is 2. The summed E-state index contributed by atoms with van der Waals surface area (Å²) in [4.78, 5) is 66.3. The fourth-order valence-electron chi connectivity index (χ4n) is 11.2. The summed E-state index contributed by atoms with van der Waals surface area (Å²) in [5.74, 6) is 0.430. The van der Waals surface area contributed by atoms with Crippen molar-refractivity contribution in [3.8, 4) is 11.4 Å². The first-order valence-electron chi connectivity index (χ1n) is 24.1. The maximum absolute atomic E-state index is 14.0. The first kappa shape index (κ1) is 43.3. The fourth-order valence-corrected chi connectivity index (χ4v) is 11.2. The van der Waals surface area contributed by atoms with Crippen molar-refractivity contribution in [1.82, 2.24) is 48.7 Å². The second kappa shape index (κ2) is 18.1. The molecule has 5 aliphatic rings. The van der Waals surface area contributed by atoms with Gasteiger partial charge < -0.3 is 24.6 Å². The Bertz CT molecular complexity index is 2880. The van der Waals surface area contributed by atoms with Crippen molar-refractivity contribution >= 4 is 45.9 Å². The number of piperidine rings is 2. The first-order chi connectivity index (χ1) is 32.6. The third kappa shape index (κ3) is 8.54. The Hall–Kier alpha value is -6.24. The molecule has 4 saturated heterocycles. The summed E-state index contributed by atoms with van der Waals surface area (Å²) in [6.45, 7) is 7.28. The van der Waals surface area contributed by atoms with Crippen LogP contribution in [0.3, 0.4) is 0 Å². The summed E-state index contributed by atoms with van der Waals surface area (Å²) in [5, 5.41) is 15.1. The number of imide groups is 1. The summed E-state index contributed by atoms with van der Waals surface area (Å²) in [5.41, 5.74) is 6.27. The standard InChI is InChI=1S/C49H58N12O6/c1-30-8-13-38(50-24-30)44-39(52-47(63)37-25-51-59-21-18-42(53-46(37)59)58-27-36-23-34(58)29-67-36)28-60(55-44)33-11-9-31(10-12-33)26-57-19-16-35(17-20-57)66-22-4-6-32-5-3-7-40-45(32)56(2)49(65)61(40)41-14-15-43(62)54-48(41)64/h3,5,7-8,13,18,21,24-25,28,31,33-36,41H,4,6,9-12,14-17,19-20,22-23,26-27,29H2,1-2H3,(H,52,63)(H,54,62,64)/t31?,33?,34-,36-,41?/m1/s1. The van der Waals surface area contributed by atoms with Crippen LogP contribution in [0.15, 0.2) is 66.0 Å². The number of morpholine rings is 1. The van der Waals surface area contributed by atoms with Crippen LogP contribution in [0, 0.1) is 12.8 Å². The normalized spacial score (nSPS) is 23.7. The summed E-state index contributed by atoms with van der Waals surface area (Å²) >= 11 is 0. The highest BCUT2D eigenvalue weighted by Gasteiger charge is 2.40. The smallest absolute Gasteiger partial charge is 0.329 e. The monoisotopic (exact) mass is 910 g/mol. The van der Waals surface area contributed by atoms with E-state index >= 15 is 0 Å². The van der Waals surface area contributed by atoms with Crippen molar-refractivity contribution < 1.29 is 23.9 Å². The predicted octanol–water partition coefficient (Wildman–Crippen LogP) is 5.00. The molecular formula is C49H58N12O6. The average molecular weight is 911 g/mol. The quantitative estimate of drug-likeness (QED) is 0.117. The summed E-state index contributed by atoms with van der Waals surface area (Å²) in [6, 6.07) is 11.6. The molecule has 0 radical (unpaired) electrons. The van der Waals surface area contributed by atoms with E-state index in [9.17, 15) is 19.2 Å². The summed E-state index contributed by atoms with van der Waals surface area (Å²) in [6.07, 6.45) is 17.1. The van der Waals surface area contributed by atoms with Crippen LogP contribution in [-0.2, 0) is 32.5 Å². The molecule has 1 aromatic carbocycles. The van der Waals surface area contributed by atoms with E-state index in [4.69, 9.17) is 24.5 Å². The van der Waals surface area contributed by atoms with Crippen LogP contribution in [0.5, 0.6) is 0 Å². The number of fused-ring (bicyclic) bond motifs is 4. The Labute approximate surface area is 387 Å². The van der Waals surface area contributed by atoms with Crippen molar-refractivity contribution in [2.24, 2.45) is 13.0 Å². The minimum absolute atomic E-state index is 0.215. The van der Waals surface area contributed by atoms with Gasteiger partial charge in [0, 0.05) is 64.8 Å². The second-order valence-electron chi connectivity index (χ2n) is 19.3. The number of carbonyl (C=O) groups is 3. The number of nitrogens with zero attached hydrogens (tertiary/aromatic N) is 10. The van der Waals surface area contributed by atoms with E-state index in [1.165, 1.54) is 0 Å². The van der Waals surface area contributed by atoms with Gasteiger partial charge in [0.2, 0.25) is 11.8 Å². The third-order valence-corrected chi connectivity index (χ3v) is 14.8. The number of aromatic nitrogens is 8. The molecule has 2 bridgehead atoms. The molecule has 11 rings (SSSR count). The Morgan fingerprint density at radius 1 is 0.985 bits per heavy atom. The van der Waals surface area contributed by atoms with E-state index in [1.807, 2.05) is 66.6 Å². The molecule has 350 valence electrons. The average Bonchev–Trinajstić information content (AvgIpc) is 4.19. The molecule has 9 heterocycles.